The minimum atomic E-state index is -5.17. The lowest BCUT2D eigenvalue weighted by Gasteiger charge is -2.35. The largest absolute Gasteiger partial charge is 0.805 e. The van der Waals surface area contributed by atoms with Gasteiger partial charge >= 0.3 is 17.8 Å². The molecule has 0 spiro atoms. The van der Waals surface area contributed by atoms with Crippen molar-refractivity contribution in [3.63, 3.8) is 0 Å². The van der Waals surface area contributed by atoms with Crippen LogP contribution >= 0.6 is 0 Å². The highest BCUT2D eigenvalue weighted by molar-refractivity contribution is 5.93. The number of halogens is 3. The maximum Gasteiger partial charge on any atom is 0.438 e. The maximum absolute atomic E-state index is 13.7. The third-order valence-corrected chi connectivity index (χ3v) is 5.11. The standard InChI is InChI=1S/C20H17F3N4O3/c21-20(22,23)18-17(26(29)15-8-4-5-9-16(15)27(18)30)19(28)25-12-10-24(11-13-25)14-6-2-1-3-7-14/h1-9H,10-13H2. The molecule has 1 saturated heterocycles. The number of nitrogens with zero attached hydrogens (tertiary/aromatic N) is 4. The summed E-state index contributed by atoms with van der Waals surface area (Å²) < 4.78 is 40.6. The Hall–Kier alpha value is -3.56. The van der Waals surface area contributed by atoms with Crippen LogP contribution in [0.25, 0.3) is 11.0 Å². The Morgan fingerprint density at radius 1 is 0.933 bits per heavy atom. The molecular weight excluding hydrogens is 401 g/mol. The van der Waals surface area contributed by atoms with Crippen LogP contribution in [-0.4, -0.2) is 41.7 Å². The van der Waals surface area contributed by atoms with Crippen molar-refractivity contribution in [2.45, 2.75) is 6.18 Å². The van der Waals surface area contributed by atoms with E-state index in [0.29, 0.717) is 13.1 Å². The molecule has 0 saturated carbocycles. The molecule has 1 aromatic heterocycles. The van der Waals surface area contributed by atoms with Crippen LogP contribution in [0, 0.1) is 10.1 Å². The quantitative estimate of drug-likeness (QED) is 0.600. The number of hydrogen-bond donors (Lipinski definition) is 0. The van der Waals surface area contributed by atoms with Gasteiger partial charge in [0.2, 0.25) is 5.69 Å². The van der Waals surface area contributed by atoms with E-state index >= 15 is 0 Å². The molecule has 156 valence electrons. The van der Waals surface area contributed by atoms with E-state index in [0.717, 1.165) is 11.8 Å². The van der Waals surface area contributed by atoms with Crippen molar-refractivity contribution in [1.82, 2.24) is 9.63 Å². The van der Waals surface area contributed by atoms with Crippen molar-refractivity contribution in [3.05, 3.63) is 76.1 Å². The molecule has 0 unspecified atom stereocenters. The third-order valence-electron chi connectivity index (χ3n) is 5.11. The molecule has 0 aliphatic carbocycles. The first-order valence-electron chi connectivity index (χ1n) is 9.23. The summed E-state index contributed by atoms with van der Waals surface area (Å²) in [5.74, 6) is -1.11. The highest BCUT2D eigenvalue weighted by Crippen LogP contribution is 2.33. The molecule has 2 heterocycles. The Balaban J connectivity index is 1.72. The van der Waals surface area contributed by atoms with Crippen LogP contribution in [0.5, 0.6) is 0 Å². The lowest BCUT2D eigenvalue weighted by Crippen LogP contribution is -2.51. The molecular formula is C20H17F3N4O3. The number of fused-ring (bicyclic) bond motifs is 1. The summed E-state index contributed by atoms with van der Waals surface area (Å²) in [7, 11) is 0. The Labute approximate surface area is 168 Å². The first kappa shape index (κ1) is 19.7. The molecule has 10 heteroatoms. The van der Waals surface area contributed by atoms with E-state index in [4.69, 9.17) is 0 Å². The first-order chi connectivity index (χ1) is 14.3. The Morgan fingerprint density at radius 2 is 1.53 bits per heavy atom. The molecule has 1 fully saturated rings. The van der Waals surface area contributed by atoms with Crippen LogP contribution in [0.3, 0.4) is 0 Å². The van der Waals surface area contributed by atoms with E-state index < -0.39 is 29.0 Å². The van der Waals surface area contributed by atoms with Crippen LogP contribution in [0.15, 0.2) is 54.6 Å². The van der Waals surface area contributed by atoms with Crippen LogP contribution in [0.4, 0.5) is 18.9 Å². The number of rotatable bonds is 2. The second kappa shape index (κ2) is 7.36. The van der Waals surface area contributed by atoms with Gasteiger partial charge in [0.25, 0.3) is 5.52 Å². The van der Waals surface area contributed by atoms with Gasteiger partial charge in [0, 0.05) is 42.8 Å². The summed E-state index contributed by atoms with van der Waals surface area (Å²) in [5, 5.41) is 12.4. The maximum atomic E-state index is 13.7. The van der Waals surface area contributed by atoms with Gasteiger partial charge in [0.1, 0.15) is 5.52 Å². The summed E-state index contributed by atoms with van der Waals surface area (Å²) in [6, 6.07) is 14.5. The molecule has 1 aliphatic heterocycles. The van der Waals surface area contributed by atoms with Crippen LogP contribution in [0.1, 0.15) is 16.2 Å². The Kier molecular flexibility index (Phi) is 4.84. The number of carbonyl (C=O) groups is 1. The summed E-state index contributed by atoms with van der Waals surface area (Å²) in [5.41, 5.74) is -2.82. The number of anilines is 1. The van der Waals surface area contributed by atoms with Crippen molar-refractivity contribution in [2.75, 3.05) is 31.1 Å². The lowest BCUT2D eigenvalue weighted by atomic mass is 10.2. The normalized spacial score (nSPS) is 14.9. The SMILES string of the molecule is O=C(c1c(C(F)(F)F)n([O-])c2ccccc2[n+]1=O)N1CCN(c2ccccc2)CC1. The number of aromatic nitrogens is 2. The number of alkyl halides is 3. The zero-order chi connectivity index (χ0) is 21.5. The van der Waals surface area contributed by atoms with Crippen LogP contribution < -0.4 is 9.33 Å². The van der Waals surface area contributed by atoms with Gasteiger partial charge < -0.3 is 19.7 Å². The Bertz CT molecular complexity index is 1150. The zero-order valence-electron chi connectivity index (χ0n) is 15.7. The number of carbonyl (C=O) groups excluding carboxylic acids is 1. The van der Waals surface area contributed by atoms with E-state index in [-0.39, 0.29) is 27.8 Å². The fraction of sp³-hybridized carbons (Fsp3) is 0.250. The number of hydrogen-bond acceptors (Lipinski definition) is 4. The molecule has 2 aromatic carbocycles. The average Bonchev–Trinajstić information content (AvgIpc) is 2.75. The van der Waals surface area contributed by atoms with E-state index in [1.54, 1.807) is 0 Å². The molecule has 7 nitrogen and oxygen atoms in total. The average molecular weight is 418 g/mol. The molecule has 0 atom stereocenters. The molecule has 3 aromatic rings. The highest BCUT2D eigenvalue weighted by atomic mass is 19.4. The number of para-hydroxylation sites is 3. The third kappa shape index (κ3) is 3.34. The van der Waals surface area contributed by atoms with Gasteiger partial charge in [0.15, 0.2) is 0 Å². The van der Waals surface area contributed by atoms with Gasteiger partial charge in [-0.3, -0.25) is 4.79 Å². The van der Waals surface area contributed by atoms with Crippen molar-refractivity contribution >= 4 is 22.6 Å². The highest BCUT2D eigenvalue weighted by Gasteiger charge is 2.46. The van der Waals surface area contributed by atoms with E-state index in [2.05, 4.69) is 0 Å². The smallest absolute Gasteiger partial charge is 0.438 e. The summed E-state index contributed by atoms with van der Waals surface area (Å²) >= 11 is 0. The predicted molar refractivity (Wildman–Crippen MR) is 104 cm³/mol. The van der Waals surface area contributed by atoms with Crippen molar-refractivity contribution in [2.24, 2.45) is 0 Å². The van der Waals surface area contributed by atoms with Crippen LogP contribution in [-0.2, 0) is 6.18 Å². The minimum absolute atomic E-state index is 0.0849. The number of benzene rings is 2. The molecule has 1 amide bonds. The van der Waals surface area contributed by atoms with Gasteiger partial charge in [-0.25, -0.2) is 0 Å². The topological polar surface area (TPSA) is 74.5 Å². The van der Waals surface area contributed by atoms with E-state index in [1.165, 1.54) is 23.1 Å². The monoisotopic (exact) mass is 418 g/mol. The molecule has 30 heavy (non-hydrogen) atoms. The van der Waals surface area contributed by atoms with Gasteiger partial charge in [-0.15, -0.1) is 0 Å². The van der Waals surface area contributed by atoms with Gasteiger partial charge in [-0.2, -0.15) is 13.2 Å². The number of piperazine rings is 1. The van der Waals surface area contributed by atoms with Gasteiger partial charge in [-0.1, -0.05) is 30.3 Å². The lowest BCUT2D eigenvalue weighted by molar-refractivity contribution is -0.470. The molecule has 0 radical (unpaired) electrons. The summed E-state index contributed by atoms with van der Waals surface area (Å²) in [6.45, 7) is 1.02. The van der Waals surface area contributed by atoms with Crippen molar-refractivity contribution < 1.29 is 22.4 Å². The predicted octanol–water partition coefficient (Wildman–Crippen LogP) is 2.88. The van der Waals surface area contributed by atoms with Crippen molar-refractivity contribution in [1.29, 1.82) is 0 Å². The molecule has 4 rings (SSSR count). The summed E-state index contributed by atoms with van der Waals surface area (Å²) in [4.78, 5) is 28.9. The van der Waals surface area contributed by atoms with E-state index in [9.17, 15) is 28.1 Å². The number of amides is 1. The Morgan fingerprint density at radius 3 is 2.17 bits per heavy atom. The van der Waals surface area contributed by atoms with Gasteiger partial charge in [-0.05, 0) is 18.2 Å². The second-order valence-electron chi connectivity index (χ2n) is 6.89. The fourth-order valence-electron chi connectivity index (χ4n) is 3.63. The first-order valence-corrected chi connectivity index (χ1v) is 9.23. The second-order valence-corrected chi connectivity index (χ2v) is 6.89. The van der Waals surface area contributed by atoms with Crippen molar-refractivity contribution in [3.8, 4) is 0 Å². The van der Waals surface area contributed by atoms with Gasteiger partial charge in [0.05, 0.1) is 4.43 Å². The molecule has 0 bridgehead atoms. The zero-order valence-corrected chi connectivity index (χ0v) is 15.7. The minimum Gasteiger partial charge on any atom is -0.805 e. The molecule has 0 N–H and O–H groups in total. The molecule has 1 aliphatic rings. The summed E-state index contributed by atoms with van der Waals surface area (Å²) in [6.07, 6.45) is -5.17. The van der Waals surface area contributed by atoms with E-state index in [1.807, 2.05) is 35.2 Å². The fourth-order valence-corrected chi connectivity index (χ4v) is 3.63. The van der Waals surface area contributed by atoms with Crippen LogP contribution in [0.2, 0.25) is 0 Å².